The van der Waals surface area contributed by atoms with Gasteiger partial charge in [-0.2, -0.15) is 0 Å². The predicted molar refractivity (Wildman–Crippen MR) is 72.9 cm³/mol. The Balaban J connectivity index is 2.58. The third-order valence-electron chi connectivity index (χ3n) is 2.64. The van der Waals surface area contributed by atoms with Gasteiger partial charge in [-0.3, -0.25) is 9.59 Å². The molecule has 0 aliphatic heterocycles. The topological polar surface area (TPSA) is 104 Å². The highest BCUT2D eigenvalue weighted by Crippen LogP contribution is 2.13. The molecule has 0 aliphatic rings. The standard InChI is InChI=1S/C13H19N3O3/c1-9-4-2-3-5-10(9)16-12(17)8-11(13(18)19)15-7-6-14/h2-5,11,15H,6-8,14H2,1H3,(H,16,17)(H,18,19)/t11-/m0/s1. The second-order valence-corrected chi connectivity index (χ2v) is 4.20. The van der Waals surface area contributed by atoms with E-state index in [0.717, 1.165) is 5.56 Å². The molecule has 0 fully saturated rings. The second kappa shape index (κ2) is 7.50. The lowest BCUT2D eigenvalue weighted by Gasteiger charge is -2.14. The van der Waals surface area contributed by atoms with Crippen LogP contribution in [0.25, 0.3) is 0 Å². The Labute approximate surface area is 112 Å². The summed E-state index contributed by atoms with van der Waals surface area (Å²) in [6, 6.07) is 6.40. The Morgan fingerprint density at radius 2 is 2.05 bits per heavy atom. The number of para-hydroxylation sites is 1. The molecule has 0 spiro atoms. The zero-order valence-corrected chi connectivity index (χ0v) is 10.8. The number of amides is 1. The molecule has 6 nitrogen and oxygen atoms in total. The number of hydrogen-bond donors (Lipinski definition) is 4. The molecule has 0 unspecified atom stereocenters. The molecule has 104 valence electrons. The van der Waals surface area contributed by atoms with Crippen molar-refractivity contribution >= 4 is 17.6 Å². The number of hydrogen-bond acceptors (Lipinski definition) is 4. The number of benzene rings is 1. The highest BCUT2D eigenvalue weighted by Gasteiger charge is 2.20. The minimum atomic E-state index is -1.06. The van der Waals surface area contributed by atoms with Gasteiger partial charge in [0.2, 0.25) is 5.91 Å². The van der Waals surface area contributed by atoms with Gasteiger partial charge in [0.15, 0.2) is 0 Å². The van der Waals surface area contributed by atoms with Crippen LogP contribution in [0.2, 0.25) is 0 Å². The van der Waals surface area contributed by atoms with Gasteiger partial charge in [-0.05, 0) is 18.6 Å². The molecule has 1 atom stereocenters. The minimum Gasteiger partial charge on any atom is -0.480 e. The first-order chi connectivity index (χ1) is 9.04. The van der Waals surface area contributed by atoms with Crippen molar-refractivity contribution in [2.24, 2.45) is 5.73 Å². The fraction of sp³-hybridized carbons (Fsp3) is 0.385. The summed E-state index contributed by atoms with van der Waals surface area (Å²) in [6.45, 7) is 2.55. The maximum Gasteiger partial charge on any atom is 0.321 e. The molecule has 6 heteroatoms. The summed E-state index contributed by atoms with van der Waals surface area (Å²) in [6.07, 6.45) is -0.135. The summed E-state index contributed by atoms with van der Waals surface area (Å²) >= 11 is 0. The highest BCUT2D eigenvalue weighted by molar-refractivity contribution is 5.94. The summed E-state index contributed by atoms with van der Waals surface area (Å²) in [5, 5.41) is 14.4. The average Bonchev–Trinajstić information content (AvgIpc) is 2.37. The van der Waals surface area contributed by atoms with Gasteiger partial charge in [0.25, 0.3) is 0 Å². The minimum absolute atomic E-state index is 0.135. The van der Waals surface area contributed by atoms with Crippen molar-refractivity contribution in [3.05, 3.63) is 29.8 Å². The summed E-state index contributed by atoms with van der Waals surface area (Å²) < 4.78 is 0. The van der Waals surface area contributed by atoms with Crippen molar-refractivity contribution < 1.29 is 14.7 Å². The Morgan fingerprint density at radius 3 is 2.63 bits per heavy atom. The smallest absolute Gasteiger partial charge is 0.321 e. The van der Waals surface area contributed by atoms with Crippen LogP contribution in [0.3, 0.4) is 0 Å². The van der Waals surface area contributed by atoms with Gasteiger partial charge in [-0.15, -0.1) is 0 Å². The van der Waals surface area contributed by atoms with Gasteiger partial charge >= 0.3 is 5.97 Å². The van der Waals surface area contributed by atoms with Crippen LogP contribution >= 0.6 is 0 Å². The average molecular weight is 265 g/mol. The van der Waals surface area contributed by atoms with Crippen LogP contribution < -0.4 is 16.4 Å². The molecule has 0 heterocycles. The van der Waals surface area contributed by atoms with Crippen molar-refractivity contribution in [3.63, 3.8) is 0 Å². The molecule has 1 aromatic rings. The number of carbonyl (C=O) groups is 2. The number of anilines is 1. The van der Waals surface area contributed by atoms with E-state index in [1.165, 1.54) is 0 Å². The maximum absolute atomic E-state index is 11.8. The first-order valence-corrected chi connectivity index (χ1v) is 6.06. The fourth-order valence-corrected chi connectivity index (χ4v) is 1.60. The SMILES string of the molecule is Cc1ccccc1NC(=O)C[C@H](NCCN)C(=O)O. The van der Waals surface area contributed by atoms with Crippen LogP contribution in [0.1, 0.15) is 12.0 Å². The maximum atomic E-state index is 11.8. The van der Waals surface area contributed by atoms with E-state index in [4.69, 9.17) is 10.8 Å². The van der Waals surface area contributed by atoms with Gasteiger partial charge in [0.1, 0.15) is 6.04 Å². The van der Waals surface area contributed by atoms with Crippen LogP contribution in [0.4, 0.5) is 5.69 Å². The van der Waals surface area contributed by atoms with E-state index in [1.54, 1.807) is 6.07 Å². The van der Waals surface area contributed by atoms with E-state index < -0.39 is 12.0 Å². The first-order valence-electron chi connectivity index (χ1n) is 6.06. The summed E-state index contributed by atoms with van der Waals surface area (Å²) in [4.78, 5) is 22.8. The van der Waals surface area contributed by atoms with Crippen molar-refractivity contribution in [2.75, 3.05) is 18.4 Å². The molecule has 0 aromatic heterocycles. The number of nitrogens with two attached hydrogens (primary N) is 1. The number of aryl methyl sites for hydroxylation is 1. The summed E-state index contributed by atoms with van der Waals surface area (Å²) in [7, 11) is 0. The summed E-state index contributed by atoms with van der Waals surface area (Å²) in [5.41, 5.74) is 6.91. The normalized spacial score (nSPS) is 11.9. The van der Waals surface area contributed by atoms with E-state index in [9.17, 15) is 9.59 Å². The largest absolute Gasteiger partial charge is 0.480 e. The number of carboxylic acid groups (broad SMARTS) is 1. The molecule has 0 radical (unpaired) electrons. The van der Waals surface area contributed by atoms with Crippen LogP contribution in [0.5, 0.6) is 0 Å². The van der Waals surface area contributed by atoms with Gasteiger partial charge in [-0.1, -0.05) is 18.2 Å². The molecule has 19 heavy (non-hydrogen) atoms. The van der Waals surface area contributed by atoms with Crippen LogP contribution in [-0.4, -0.2) is 36.1 Å². The second-order valence-electron chi connectivity index (χ2n) is 4.20. The molecular weight excluding hydrogens is 246 g/mol. The number of aliphatic carboxylic acids is 1. The van der Waals surface area contributed by atoms with Crippen molar-refractivity contribution in [1.29, 1.82) is 0 Å². The number of carbonyl (C=O) groups excluding carboxylic acids is 1. The summed E-state index contributed by atoms with van der Waals surface area (Å²) in [5.74, 6) is -1.40. The predicted octanol–water partition coefficient (Wildman–Crippen LogP) is 0.325. The van der Waals surface area contributed by atoms with Gasteiger partial charge in [-0.25, -0.2) is 0 Å². The van der Waals surface area contributed by atoms with Crippen molar-refractivity contribution in [3.8, 4) is 0 Å². The Hall–Kier alpha value is -1.92. The van der Waals surface area contributed by atoms with E-state index in [-0.39, 0.29) is 12.3 Å². The molecular formula is C13H19N3O3. The van der Waals surface area contributed by atoms with Crippen LogP contribution in [-0.2, 0) is 9.59 Å². The molecule has 5 N–H and O–H groups in total. The number of rotatable bonds is 7. The number of nitrogens with one attached hydrogen (secondary N) is 2. The molecule has 1 amide bonds. The zero-order valence-electron chi connectivity index (χ0n) is 10.8. The fourth-order valence-electron chi connectivity index (χ4n) is 1.60. The van der Waals surface area contributed by atoms with Crippen molar-refractivity contribution in [2.45, 2.75) is 19.4 Å². The molecule has 0 aliphatic carbocycles. The molecule has 0 saturated carbocycles. The van der Waals surface area contributed by atoms with E-state index in [1.807, 2.05) is 25.1 Å². The van der Waals surface area contributed by atoms with Crippen molar-refractivity contribution in [1.82, 2.24) is 5.32 Å². The van der Waals surface area contributed by atoms with E-state index >= 15 is 0 Å². The monoisotopic (exact) mass is 265 g/mol. The molecule has 0 saturated heterocycles. The van der Waals surface area contributed by atoms with Gasteiger partial charge < -0.3 is 21.5 Å². The Kier molecular flexibility index (Phi) is 5.98. The lowest BCUT2D eigenvalue weighted by atomic mass is 10.1. The number of carboxylic acids is 1. The molecule has 1 rings (SSSR count). The van der Waals surface area contributed by atoms with E-state index in [0.29, 0.717) is 18.8 Å². The van der Waals surface area contributed by atoms with E-state index in [2.05, 4.69) is 10.6 Å². The van der Waals surface area contributed by atoms with Gasteiger partial charge in [0.05, 0.1) is 6.42 Å². The first kappa shape index (κ1) is 15.1. The lowest BCUT2D eigenvalue weighted by molar-refractivity contribution is -0.141. The zero-order chi connectivity index (χ0) is 14.3. The molecule has 1 aromatic carbocycles. The van der Waals surface area contributed by atoms with Crippen LogP contribution in [0, 0.1) is 6.92 Å². The van der Waals surface area contributed by atoms with Gasteiger partial charge in [0, 0.05) is 18.8 Å². The molecule has 0 bridgehead atoms. The highest BCUT2D eigenvalue weighted by atomic mass is 16.4. The lowest BCUT2D eigenvalue weighted by Crippen LogP contribution is -2.41. The third kappa shape index (κ3) is 5.07. The Bertz CT molecular complexity index is 449. The Morgan fingerprint density at radius 1 is 1.37 bits per heavy atom. The van der Waals surface area contributed by atoms with Crippen LogP contribution in [0.15, 0.2) is 24.3 Å². The quantitative estimate of drug-likeness (QED) is 0.568. The third-order valence-corrected chi connectivity index (χ3v) is 2.64.